The summed E-state index contributed by atoms with van der Waals surface area (Å²) in [4.78, 5) is 0.283. The van der Waals surface area contributed by atoms with Crippen molar-refractivity contribution in [1.29, 1.82) is 0 Å². The van der Waals surface area contributed by atoms with E-state index in [4.69, 9.17) is 0 Å². The minimum absolute atomic E-state index is 0.140. The van der Waals surface area contributed by atoms with Crippen LogP contribution in [0.25, 0.3) is 0 Å². The summed E-state index contributed by atoms with van der Waals surface area (Å²) >= 11 is 0. The summed E-state index contributed by atoms with van der Waals surface area (Å²) in [6.45, 7) is 5.33. The number of sulfonamides is 1. The van der Waals surface area contributed by atoms with Crippen molar-refractivity contribution < 1.29 is 13.5 Å². The third kappa shape index (κ3) is 3.07. The third-order valence-electron chi connectivity index (χ3n) is 4.06. The van der Waals surface area contributed by atoms with E-state index in [2.05, 4.69) is 6.92 Å². The van der Waals surface area contributed by atoms with Crippen molar-refractivity contribution in [2.45, 2.75) is 44.7 Å². The zero-order valence-electron chi connectivity index (χ0n) is 12.4. The summed E-state index contributed by atoms with van der Waals surface area (Å²) in [6, 6.07) is 1.58. The molecule has 0 amide bonds. The predicted octanol–water partition coefficient (Wildman–Crippen LogP) is 1.67. The maximum Gasteiger partial charge on any atom is 0.244 e. The molecule has 0 aromatic carbocycles. The lowest BCUT2D eigenvalue weighted by Gasteiger charge is -2.15. The number of hydrogen-bond donors (Lipinski definition) is 1. The van der Waals surface area contributed by atoms with Crippen molar-refractivity contribution in [3.05, 3.63) is 18.0 Å². The Morgan fingerprint density at radius 1 is 1.50 bits per heavy atom. The van der Waals surface area contributed by atoms with Gasteiger partial charge in [0.2, 0.25) is 10.0 Å². The maximum absolute atomic E-state index is 12.5. The topological polar surface area (TPSA) is 62.5 Å². The first-order chi connectivity index (χ1) is 9.40. The highest BCUT2D eigenvalue weighted by molar-refractivity contribution is 7.89. The first kappa shape index (κ1) is 15.5. The molecule has 1 aromatic heterocycles. The van der Waals surface area contributed by atoms with Crippen molar-refractivity contribution in [3.8, 4) is 0 Å². The number of hydrogen-bond acceptors (Lipinski definition) is 3. The summed E-state index contributed by atoms with van der Waals surface area (Å²) in [7, 11) is -1.81. The van der Waals surface area contributed by atoms with Crippen LogP contribution in [-0.4, -0.2) is 36.0 Å². The average molecular weight is 300 g/mol. The Labute approximate surface area is 121 Å². The highest BCUT2D eigenvalue weighted by Gasteiger charge is 2.36. The van der Waals surface area contributed by atoms with Crippen LogP contribution in [0.3, 0.4) is 0 Å². The summed E-state index contributed by atoms with van der Waals surface area (Å²) in [6.07, 6.45) is 3.65. The highest BCUT2D eigenvalue weighted by Crippen LogP contribution is 2.38. The van der Waals surface area contributed by atoms with Gasteiger partial charge < -0.3 is 9.67 Å². The minimum Gasteiger partial charge on any atom is -0.390 e. The van der Waals surface area contributed by atoms with Crippen molar-refractivity contribution >= 4 is 10.0 Å². The fourth-order valence-corrected chi connectivity index (χ4v) is 3.80. The largest absolute Gasteiger partial charge is 0.390 e. The number of rotatable bonds is 7. The molecule has 2 rings (SSSR count). The summed E-state index contributed by atoms with van der Waals surface area (Å²) < 4.78 is 28.3. The second-order valence-corrected chi connectivity index (χ2v) is 7.82. The zero-order chi connectivity index (χ0) is 14.9. The Balaban J connectivity index is 2.19. The third-order valence-corrected chi connectivity index (χ3v) is 5.85. The molecule has 1 N–H and O–H groups in total. The van der Waals surface area contributed by atoms with Gasteiger partial charge in [-0.15, -0.1) is 0 Å². The SMILES string of the molecule is CCCn1cc(S(=O)(=O)N(C)CC2CC2C)cc1CO. The number of aromatic nitrogens is 1. The van der Waals surface area contributed by atoms with E-state index in [1.54, 1.807) is 19.3 Å². The molecule has 2 unspecified atom stereocenters. The first-order valence-corrected chi connectivity index (χ1v) is 8.60. The summed E-state index contributed by atoms with van der Waals surface area (Å²) in [5.74, 6) is 1.12. The number of aryl methyl sites for hydroxylation is 1. The van der Waals surface area contributed by atoms with Crippen molar-refractivity contribution in [1.82, 2.24) is 8.87 Å². The van der Waals surface area contributed by atoms with Crippen LogP contribution in [0.15, 0.2) is 17.2 Å². The van der Waals surface area contributed by atoms with E-state index in [9.17, 15) is 13.5 Å². The molecule has 1 fully saturated rings. The molecule has 1 heterocycles. The Bertz CT molecular complexity index is 565. The van der Waals surface area contributed by atoms with Crippen LogP contribution in [0.4, 0.5) is 0 Å². The Hall–Kier alpha value is -0.850. The molecule has 1 aliphatic rings. The smallest absolute Gasteiger partial charge is 0.244 e. The van der Waals surface area contributed by atoms with Gasteiger partial charge in [0.1, 0.15) is 4.90 Å². The van der Waals surface area contributed by atoms with Crippen LogP contribution in [-0.2, 0) is 23.2 Å². The monoisotopic (exact) mass is 300 g/mol. The maximum atomic E-state index is 12.5. The fourth-order valence-electron chi connectivity index (χ4n) is 2.51. The standard InChI is InChI=1S/C14H24N2O3S/c1-4-5-16-9-14(7-13(16)10-17)20(18,19)15(3)8-12-6-11(12)2/h7,9,11-12,17H,4-6,8,10H2,1-3H3. The van der Waals surface area contributed by atoms with Crippen molar-refractivity contribution in [2.24, 2.45) is 11.8 Å². The van der Waals surface area contributed by atoms with Gasteiger partial charge in [0.15, 0.2) is 0 Å². The van der Waals surface area contributed by atoms with Crippen LogP contribution in [0, 0.1) is 11.8 Å². The van der Waals surface area contributed by atoms with Gasteiger partial charge in [0.25, 0.3) is 0 Å². The molecule has 1 aromatic rings. The van der Waals surface area contributed by atoms with E-state index in [0.717, 1.165) is 19.4 Å². The van der Waals surface area contributed by atoms with Gasteiger partial charge in [-0.3, -0.25) is 0 Å². The van der Waals surface area contributed by atoms with Gasteiger partial charge in [-0.1, -0.05) is 13.8 Å². The van der Waals surface area contributed by atoms with E-state index in [1.165, 1.54) is 4.31 Å². The van der Waals surface area contributed by atoms with Gasteiger partial charge in [-0.05, 0) is 30.7 Å². The van der Waals surface area contributed by atoms with Gasteiger partial charge in [0.05, 0.1) is 6.61 Å². The molecule has 0 bridgehead atoms. The summed E-state index contributed by atoms with van der Waals surface area (Å²) in [5, 5.41) is 9.32. The van der Waals surface area contributed by atoms with E-state index >= 15 is 0 Å². The molecule has 5 nitrogen and oxygen atoms in total. The molecular weight excluding hydrogens is 276 g/mol. The van der Waals surface area contributed by atoms with Gasteiger partial charge in [-0.25, -0.2) is 12.7 Å². The Kier molecular flexibility index (Phi) is 4.56. The molecular formula is C14H24N2O3S. The molecule has 0 saturated heterocycles. The van der Waals surface area contributed by atoms with Crippen molar-refractivity contribution in [2.75, 3.05) is 13.6 Å². The molecule has 2 atom stereocenters. The quantitative estimate of drug-likeness (QED) is 0.833. The predicted molar refractivity (Wildman–Crippen MR) is 77.7 cm³/mol. The normalized spacial score (nSPS) is 22.4. The van der Waals surface area contributed by atoms with Crippen molar-refractivity contribution in [3.63, 3.8) is 0 Å². The van der Waals surface area contributed by atoms with Crippen LogP contribution in [0.5, 0.6) is 0 Å². The molecule has 6 heteroatoms. The molecule has 1 saturated carbocycles. The van der Waals surface area contributed by atoms with Gasteiger partial charge >= 0.3 is 0 Å². The average Bonchev–Trinajstić information content (AvgIpc) is 2.91. The Morgan fingerprint density at radius 3 is 2.65 bits per heavy atom. The van der Waals surface area contributed by atoms with E-state index in [1.807, 2.05) is 11.5 Å². The highest BCUT2D eigenvalue weighted by atomic mass is 32.2. The molecule has 1 aliphatic carbocycles. The zero-order valence-corrected chi connectivity index (χ0v) is 13.2. The lowest BCUT2D eigenvalue weighted by Crippen LogP contribution is -2.29. The minimum atomic E-state index is -3.45. The van der Waals surface area contributed by atoms with E-state index in [0.29, 0.717) is 24.1 Å². The van der Waals surface area contributed by atoms with E-state index in [-0.39, 0.29) is 11.5 Å². The second kappa shape index (κ2) is 5.87. The number of nitrogens with zero attached hydrogens (tertiary/aromatic N) is 2. The van der Waals surface area contributed by atoms with Gasteiger partial charge in [-0.2, -0.15) is 0 Å². The van der Waals surface area contributed by atoms with Gasteiger partial charge in [0, 0.05) is 32.0 Å². The fraction of sp³-hybridized carbons (Fsp3) is 0.714. The van der Waals surface area contributed by atoms with Crippen LogP contribution >= 0.6 is 0 Å². The number of aliphatic hydroxyl groups excluding tert-OH is 1. The first-order valence-electron chi connectivity index (χ1n) is 7.16. The van der Waals surface area contributed by atoms with Crippen LogP contribution in [0.2, 0.25) is 0 Å². The molecule has 20 heavy (non-hydrogen) atoms. The molecule has 0 radical (unpaired) electrons. The lowest BCUT2D eigenvalue weighted by molar-refractivity contribution is 0.270. The van der Waals surface area contributed by atoms with Crippen LogP contribution < -0.4 is 0 Å². The lowest BCUT2D eigenvalue weighted by atomic mass is 10.3. The summed E-state index contributed by atoms with van der Waals surface area (Å²) in [5.41, 5.74) is 0.651. The van der Waals surface area contributed by atoms with Crippen LogP contribution in [0.1, 0.15) is 32.4 Å². The molecule has 114 valence electrons. The van der Waals surface area contributed by atoms with E-state index < -0.39 is 10.0 Å². The Morgan fingerprint density at radius 2 is 2.15 bits per heavy atom. The molecule has 0 spiro atoms. The second-order valence-electron chi connectivity index (χ2n) is 5.78. The molecule has 0 aliphatic heterocycles. The number of aliphatic hydroxyl groups is 1.